The standard InChI is InChI=1S/C12H10N4O2S/c1-6-3-15-16(4-6)10-8-7(2)9(12(17)18)19-11(8)14-5-13-10/h3-5H,1-2H3,(H,17,18). The number of aryl methyl sites for hydroxylation is 2. The van der Waals surface area contributed by atoms with Crippen molar-refractivity contribution in [3.63, 3.8) is 0 Å². The zero-order valence-electron chi connectivity index (χ0n) is 10.3. The van der Waals surface area contributed by atoms with Crippen LogP contribution < -0.4 is 0 Å². The third-order valence-electron chi connectivity index (χ3n) is 2.83. The predicted octanol–water partition coefficient (Wildman–Crippen LogP) is 2.19. The van der Waals surface area contributed by atoms with E-state index in [-0.39, 0.29) is 0 Å². The molecule has 0 aliphatic heterocycles. The Labute approximate surface area is 112 Å². The molecule has 0 amide bonds. The highest BCUT2D eigenvalue weighted by Crippen LogP contribution is 2.32. The molecule has 0 fully saturated rings. The van der Waals surface area contributed by atoms with E-state index in [0.717, 1.165) is 22.3 Å². The molecule has 6 nitrogen and oxygen atoms in total. The number of fused-ring (bicyclic) bond motifs is 1. The lowest BCUT2D eigenvalue weighted by atomic mass is 10.2. The lowest BCUT2D eigenvalue weighted by Gasteiger charge is -2.02. The highest BCUT2D eigenvalue weighted by molar-refractivity contribution is 7.20. The van der Waals surface area contributed by atoms with Crippen LogP contribution >= 0.6 is 11.3 Å². The monoisotopic (exact) mass is 274 g/mol. The highest BCUT2D eigenvalue weighted by Gasteiger charge is 2.19. The van der Waals surface area contributed by atoms with Crippen molar-refractivity contribution in [1.82, 2.24) is 19.7 Å². The van der Waals surface area contributed by atoms with Crippen molar-refractivity contribution in [2.24, 2.45) is 0 Å². The number of aromatic carboxylic acids is 1. The number of hydrogen-bond donors (Lipinski definition) is 1. The van der Waals surface area contributed by atoms with Gasteiger partial charge < -0.3 is 5.11 Å². The van der Waals surface area contributed by atoms with Crippen LogP contribution in [0.3, 0.4) is 0 Å². The summed E-state index contributed by atoms with van der Waals surface area (Å²) in [6.07, 6.45) is 5.00. The molecule has 0 aliphatic rings. The fourth-order valence-corrected chi connectivity index (χ4v) is 2.94. The minimum atomic E-state index is -0.942. The number of hydrogen-bond acceptors (Lipinski definition) is 5. The van der Waals surface area contributed by atoms with E-state index in [1.165, 1.54) is 6.33 Å². The highest BCUT2D eigenvalue weighted by atomic mass is 32.1. The summed E-state index contributed by atoms with van der Waals surface area (Å²) in [4.78, 5) is 20.5. The van der Waals surface area contributed by atoms with E-state index < -0.39 is 5.97 Å². The molecule has 3 heterocycles. The molecule has 3 aromatic heterocycles. The second kappa shape index (κ2) is 4.13. The van der Waals surface area contributed by atoms with Crippen molar-refractivity contribution in [1.29, 1.82) is 0 Å². The normalized spacial score (nSPS) is 11.1. The maximum Gasteiger partial charge on any atom is 0.346 e. The maximum atomic E-state index is 11.2. The van der Waals surface area contributed by atoms with E-state index in [9.17, 15) is 9.90 Å². The van der Waals surface area contributed by atoms with Gasteiger partial charge in [0, 0.05) is 6.20 Å². The van der Waals surface area contributed by atoms with Crippen molar-refractivity contribution in [3.8, 4) is 5.82 Å². The molecular weight excluding hydrogens is 264 g/mol. The molecule has 96 valence electrons. The van der Waals surface area contributed by atoms with Gasteiger partial charge in [-0.05, 0) is 25.0 Å². The molecule has 0 unspecified atom stereocenters. The molecule has 0 saturated carbocycles. The summed E-state index contributed by atoms with van der Waals surface area (Å²) in [5, 5.41) is 14.1. The molecule has 19 heavy (non-hydrogen) atoms. The van der Waals surface area contributed by atoms with Gasteiger partial charge in [-0.15, -0.1) is 11.3 Å². The molecule has 3 rings (SSSR count). The van der Waals surface area contributed by atoms with E-state index in [4.69, 9.17) is 0 Å². The Morgan fingerprint density at radius 1 is 1.37 bits per heavy atom. The van der Waals surface area contributed by atoms with Gasteiger partial charge in [-0.1, -0.05) is 0 Å². The Morgan fingerprint density at radius 3 is 2.79 bits per heavy atom. The van der Waals surface area contributed by atoms with Crippen LogP contribution in [0.4, 0.5) is 0 Å². The summed E-state index contributed by atoms with van der Waals surface area (Å²) in [5.74, 6) is -0.331. The number of rotatable bonds is 2. The van der Waals surface area contributed by atoms with E-state index in [0.29, 0.717) is 21.1 Å². The van der Waals surface area contributed by atoms with Crippen molar-refractivity contribution >= 4 is 27.5 Å². The molecular formula is C12H10N4O2S. The van der Waals surface area contributed by atoms with Crippen LogP contribution in [0.25, 0.3) is 16.0 Å². The van der Waals surface area contributed by atoms with Crippen LogP contribution in [0.15, 0.2) is 18.7 Å². The molecule has 0 bridgehead atoms. The number of aromatic nitrogens is 4. The van der Waals surface area contributed by atoms with Gasteiger partial charge in [0.15, 0.2) is 5.82 Å². The zero-order valence-corrected chi connectivity index (χ0v) is 11.1. The minimum Gasteiger partial charge on any atom is -0.477 e. The maximum absolute atomic E-state index is 11.2. The number of nitrogens with zero attached hydrogens (tertiary/aromatic N) is 4. The van der Waals surface area contributed by atoms with E-state index in [2.05, 4.69) is 15.1 Å². The van der Waals surface area contributed by atoms with Crippen LogP contribution in [-0.2, 0) is 0 Å². The second-order valence-corrected chi connectivity index (χ2v) is 5.20. The fourth-order valence-electron chi connectivity index (χ4n) is 1.96. The van der Waals surface area contributed by atoms with Gasteiger partial charge >= 0.3 is 5.97 Å². The Bertz CT molecular complexity index is 790. The molecule has 0 saturated heterocycles. The summed E-state index contributed by atoms with van der Waals surface area (Å²) in [5.41, 5.74) is 1.69. The van der Waals surface area contributed by atoms with E-state index >= 15 is 0 Å². The summed E-state index contributed by atoms with van der Waals surface area (Å²) in [6, 6.07) is 0. The Kier molecular flexibility index (Phi) is 2.56. The predicted molar refractivity (Wildman–Crippen MR) is 71.0 cm³/mol. The van der Waals surface area contributed by atoms with Gasteiger partial charge in [0.1, 0.15) is 16.0 Å². The molecule has 0 atom stereocenters. The smallest absolute Gasteiger partial charge is 0.346 e. The quantitative estimate of drug-likeness (QED) is 0.774. The summed E-state index contributed by atoms with van der Waals surface area (Å²) >= 11 is 1.16. The Balaban J connectivity index is 2.34. The van der Waals surface area contributed by atoms with Gasteiger partial charge in [-0.25, -0.2) is 19.4 Å². The number of carbonyl (C=O) groups is 1. The van der Waals surface area contributed by atoms with Crippen LogP contribution in [0.5, 0.6) is 0 Å². The van der Waals surface area contributed by atoms with Crippen LogP contribution in [-0.4, -0.2) is 30.8 Å². The third kappa shape index (κ3) is 1.78. The molecule has 1 N–H and O–H groups in total. The first kappa shape index (κ1) is 11.8. The Hall–Kier alpha value is -2.28. The van der Waals surface area contributed by atoms with E-state index in [1.807, 2.05) is 13.1 Å². The van der Waals surface area contributed by atoms with Crippen LogP contribution in [0.1, 0.15) is 20.8 Å². The molecule has 7 heteroatoms. The van der Waals surface area contributed by atoms with Crippen molar-refractivity contribution in [2.45, 2.75) is 13.8 Å². The number of carboxylic acids is 1. The van der Waals surface area contributed by atoms with E-state index in [1.54, 1.807) is 17.8 Å². The second-order valence-electron chi connectivity index (χ2n) is 4.20. The van der Waals surface area contributed by atoms with Gasteiger partial charge in [0.25, 0.3) is 0 Å². The summed E-state index contributed by atoms with van der Waals surface area (Å²) in [7, 11) is 0. The number of thiophene rings is 1. The first-order chi connectivity index (χ1) is 9.08. The summed E-state index contributed by atoms with van der Waals surface area (Å²) in [6.45, 7) is 3.70. The lowest BCUT2D eigenvalue weighted by Crippen LogP contribution is -2.00. The molecule has 0 spiro atoms. The molecule has 3 aromatic rings. The largest absolute Gasteiger partial charge is 0.477 e. The number of carboxylic acid groups (broad SMARTS) is 1. The first-order valence-electron chi connectivity index (χ1n) is 5.57. The van der Waals surface area contributed by atoms with Crippen molar-refractivity contribution < 1.29 is 9.90 Å². The third-order valence-corrected chi connectivity index (χ3v) is 4.02. The van der Waals surface area contributed by atoms with Gasteiger partial charge in [-0.3, -0.25) is 0 Å². The molecule has 0 radical (unpaired) electrons. The van der Waals surface area contributed by atoms with Gasteiger partial charge in [0.2, 0.25) is 0 Å². The minimum absolute atomic E-state index is 0.292. The average molecular weight is 274 g/mol. The molecule has 0 aromatic carbocycles. The van der Waals surface area contributed by atoms with Crippen LogP contribution in [0.2, 0.25) is 0 Å². The van der Waals surface area contributed by atoms with Crippen molar-refractivity contribution in [2.75, 3.05) is 0 Å². The van der Waals surface area contributed by atoms with Gasteiger partial charge in [-0.2, -0.15) is 5.10 Å². The van der Waals surface area contributed by atoms with Crippen LogP contribution in [0, 0.1) is 13.8 Å². The average Bonchev–Trinajstić information content (AvgIpc) is 2.94. The topological polar surface area (TPSA) is 80.9 Å². The van der Waals surface area contributed by atoms with Gasteiger partial charge in [0.05, 0.1) is 11.6 Å². The molecule has 0 aliphatic carbocycles. The first-order valence-corrected chi connectivity index (χ1v) is 6.38. The van der Waals surface area contributed by atoms with Crippen molar-refractivity contribution in [3.05, 3.63) is 34.7 Å². The fraction of sp³-hybridized carbons (Fsp3) is 0.167. The SMILES string of the molecule is Cc1cnn(-c2ncnc3sc(C(=O)O)c(C)c23)c1. The lowest BCUT2D eigenvalue weighted by molar-refractivity contribution is 0.0701. The summed E-state index contributed by atoms with van der Waals surface area (Å²) < 4.78 is 1.64. The Morgan fingerprint density at radius 2 is 2.16 bits per heavy atom. The zero-order chi connectivity index (χ0) is 13.6.